The zero-order valence-corrected chi connectivity index (χ0v) is 13.6. The zero-order chi connectivity index (χ0) is 15.1. The van der Waals surface area contributed by atoms with Crippen LogP contribution >= 0.6 is 0 Å². The van der Waals surface area contributed by atoms with Crippen molar-refractivity contribution in [3.8, 4) is 0 Å². The molecule has 0 aromatic carbocycles. The second kappa shape index (κ2) is 7.71. The van der Waals surface area contributed by atoms with Crippen LogP contribution in [0.15, 0.2) is 12.4 Å². The van der Waals surface area contributed by atoms with Gasteiger partial charge in [-0.15, -0.1) is 0 Å². The van der Waals surface area contributed by atoms with Crippen LogP contribution in [0, 0.1) is 5.41 Å². The summed E-state index contributed by atoms with van der Waals surface area (Å²) in [5.74, 6) is 0.869. The Hall–Kier alpha value is -1.20. The third kappa shape index (κ3) is 5.25. The van der Waals surface area contributed by atoms with Gasteiger partial charge in [-0.3, -0.25) is 0 Å². The molecular formula is C16H28N4O. The molecule has 0 unspecified atom stereocenters. The maximum absolute atomic E-state index is 5.01. The quantitative estimate of drug-likeness (QED) is 0.815. The van der Waals surface area contributed by atoms with Gasteiger partial charge >= 0.3 is 0 Å². The molecule has 5 nitrogen and oxygen atoms in total. The predicted molar refractivity (Wildman–Crippen MR) is 85.5 cm³/mol. The Morgan fingerprint density at radius 3 is 2.71 bits per heavy atom. The highest BCUT2D eigenvalue weighted by atomic mass is 16.5. The number of rotatable bonds is 6. The van der Waals surface area contributed by atoms with Crippen LogP contribution in [0.25, 0.3) is 0 Å². The van der Waals surface area contributed by atoms with E-state index in [4.69, 9.17) is 4.74 Å². The highest BCUT2D eigenvalue weighted by Gasteiger charge is 2.23. The molecule has 1 aromatic rings. The summed E-state index contributed by atoms with van der Waals surface area (Å²) < 4.78 is 5.01. The van der Waals surface area contributed by atoms with E-state index >= 15 is 0 Å². The molecule has 2 rings (SSSR count). The first-order valence-electron chi connectivity index (χ1n) is 7.86. The number of nitrogens with one attached hydrogen (secondary N) is 1. The van der Waals surface area contributed by atoms with Gasteiger partial charge in [0.05, 0.1) is 6.61 Å². The first kappa shape index (κ1) is 16.2. The summed E-state index contributed by atoms with van der Waals surface area (Å²) in [5, 5.41) is 3.30. The molecule has 1 N–H and O–H groups in total. The molecule has 1 aromatic heterocycles. The van der Waals surface area contributed by atoms with E-state index in [1.165, 1.54) is 19.3 Å². The topological polar surface area (TPSA) is 50.3 Å². The predicted octanol–water partition coefficient (Wildman–Crippen LogP) is 2.23. The van der Waals surface area contributed by atoms with Gasteiger partial charge in [0.2, 0.25) is 5.95 Å². The second-order valence-corrected chi connectivity index (χ2v) is 6.57. The number of methoxy groups -OCH3 is 1. The average molecular weight is 292 g/mol. The van der Waals surface area contributed by atoms with Crippen molar-refractivity contribution in [3.63, 3.8) is 0 Å². The minimum Gasteiger partial charge on any atom is -0.383 e. The maximum Gasteiger partial charge on any atom is 0.225 e. The standard InChI is InChI=1S/C16H28N4O/c1-16(2)5-4-8-20(9-6-16)15-18-12-14(13-19-15)11-17-7-10-21-3/h12-13,17H,4-11H2,1-3H3. The van der Waals surface area contributed by atoms with Crippen molar-refractivity contribution in [1.29, 1.82) is 0 Å². The minimum absolute atomic E-state index is 0.444. The third-order valence-corrected chi connectivity index (χ3v) is 4.13. The summed E-state index contributed by atoms with van der Waals surface area (Å²) in [4.78, 5) is 11.4. The summed E-state index contributed by atoms with van der Waals surface area (Å²) in [6.45, 7) is 9.18. The SMILES string of the molecule is COCCNCc1cnc(N2CCCC(C)(C)CC2)nc1. The first-order valence-corrected chi connectivity index (χ1v) is 7.86. The lowest BCUT2D eigenvalue weighted by Crippen LogP contribution is -2.27. The number of hydrogen-bond acceptors (Lipinski definition) is 5. The lowest BCUT2D eigenvalue weighted by Gasteiger charge is -2.23. The van der Waals surface area contributed by atoms with Gasteiger partial charge in [-0.2, -0.15) is 0 Å². The molecule has 0 amide bonds. The Morgan fingerprint density at radius 1 is 1.24 bits per heavy atom. The van der Waals surface area contributed by atoms with Crippen LogP contribution in [0.2, 0.25) is 0 Å². The molecule has 118 valence electrons. The van der Waals surface area contributed by atoms with E-state index in [1.54, 1.807) is 7.11 Å². The molecule has 0 aliphatic carbocycles. The van der Waals surface area contributed by atoms with Gasteiger partial charge < -0.3 is 15.0 Å². The number of anilines is 1. The number of aromatic nitrogens is 2. The van der Waals surface area contributed by atoms with E-state index in [-0.39, 0.29) is 0 Å². The Labute approximate surface area is 128 Å². The number of hydrogen-bond donors (Lipinski definition) is 1. The van der Waals surface area contributed by atoms with Gasteiger partial charge in [0, 0.05) is 51.2 Å². The lowest BCUT2D eigenvalue weighted by molar-refractivity contribution is 0.199. The molecular weight excluding hydrogens is 264 g/mol. The molecule has 0 spiro atoms. The van der Waals surface area contributed by atoms with Gasteiger partial charge in [-0.05, 0) is 24.7 Å². The molecule has 0 bridgehead atoms. The number of nitrogens with zero attached hydrogens (tertiary/aromatic N) is 3. The molecule has 1 fully saturated rings. The normalized spacial score (nSPS) is 18.5. The van der Waals surface area contributed by atoms with Crippen molar-refractivity contribution in [3.05, 3.63) is 18.0 Å². The van der Waals surface area contributed by atoms with Gasteiger partial charge in [-0.1, -0.05) is 13.8 Å². The molecule has 2 heterocycles. The molecule has 1 aliphatic rings. The third-order valence-electron chi connectivity index (χ3n) is 4.13. The van der Waals surface area contributed by atoms with E-state index < -0.39 is 0 Å². The molecule has 1 aliphatic heterocycles. The van der Waals surface area contributed by atoms with E-state index in [9.17, 15) is 0 Å². The Balaban J connectivity index is 1.86. The lowest BCUT2D eigenvalue weighted by atomic mass is 9.85. The number of ether oxygens (including phenoxy) is 1. The van der Waals surface area contributed by atoms with Crippen LogP contribution in [0.5, 0.6) is 0 Å². The van der Waals surface area contributed by atoms with Crippen molar-refractivity contribution in [2.45, 2.75) is 39.7 Å². The fraction of sp³-hybridized carbons (Fsp3) is 0.750. The fourth-order valence-electron chi connectivity index (χ4n) is 2.63. The molecule has 1 saturated heterocycles. The van der Waals surface area contributed by atoms with Crippen LogP contribution in [-0.2, 0) is 11.3 Å². The minimum atomic E-state index is 0.444. The van der Waals surface area contributed by atoms with Crippen LogP contribution in [0.3, 0.4) is 0 Å². The Morgan fingerprint density at radius 2 is 2.00 bits per heavy atom. The molecule has 0 atom stereocenters. The average Bonchev–Trinajstić information content (AvgIpc) is 2.65. The second-order valence-electron chi connectivity index (χ2n) is 6.57. The van der Waals surface area contributed by atoms with E-state index in [2.05, 4.69) is 34.0 Å². The van der Waals surface area contributed by atoms with Crippen molar-refractivity contribution in [1.82, 2.24) is 15.3 Å². The van der Waals surface area contributed by atoms with Crippen molar-refractivity contribution in [2.75, 3.05) is 38.3 Å². The monoisotopic (exact) mass is 292 g/mol. The van der Waals surface area contributed by atoms with Crippen molar-refractivity contribution < 1.29 is 4.74 Å². The highest BCUT2D eigenvalue weighted by molar-refractivity contribution is 5.30. The van der Waals surface area contributed by atoms with Gasteiger partial charge in [0.15, 0.2) is 0 Å². The Bertz CT molecular complexity index is 419. The largest absolute Gasteiger partial charge is 0.383 e. The van der Waals surface area contributed by atoms with Gasteiger partial charge in [-0.25, -0.2) is 9.97 Å². The fourth-order valence-corrected chi connectivity index (χ4v) is 2.63. The molecule has 0 saturated carbocycles. The molecule has 21 heavy (non-hydrogen) atoms. The van der Waals surface area contributed by atoms with Crippen LogP contribution < -0.4 is 10.2 Å². The summed E-state index contributed by atoms with van der Waals surface area (Å²) in [7, 11) is 1.71. The van der Waals surface area contributed by atoms with Crippen molar-refractivity contribution >= 4 is 5.95 Å². The van der Waals surface area contributed by atoms with E-state index in [0.717, 1.165) is 44.3 Å². The van der Waals surface area contributed by atoms with Gasteiger partial charge in [0.25, 0.3) is 0 Å². The van der Waals surface area contributed by atoms with Crippen LogP contribution in [0.1, 0.15) is 38.7 Å². The zero-order valence-electron chi connectivity index (χ0n) is 13.6. The van der Waals surface area contributed by atoms with Crippen LogP contribution in [0.4, 0.5) is 5.95 Å². The van der Waals surface area contributed by atoms with Gasteiger partial charge in [0.1, 0.15) is 0 Å². The van der Waals surface area contributed by atoms with Crippen molar-refractivity contribution in [2.24, 2.45) is 5.41 Å². The van der Waals surface area contributed by atoms with Crippen LogP contribution in [-0.4, -0.2) is 43.3 Å². The maximum atomic E-state index is 5.01. The first-order chi connectivity index (χ1) is 10.1. The smallest absolute Gasteiger partial charge is 0.225 e. The molecule has 0 radical (unpaired) electrons. The summed E-state index contributed by atoms with van der Waals surface area (Å²) in [6.07, 6.45) is 7.56. The molecule has 5 heteroatoms. The summed E-state index contributed by atoms with van der Waals surface area (Å²) in [6, 6.07) is 0. The van der Waals surface area contributed by atoms with E-state index in [1.807, 2.05) is 12.4 Å². The highest BCUT2D eigenvalue weighted by Crippen LogP contribution is 2.30. The van der Waals surface area contributed by atoms with E-state index in [0.29, 0.717) is 5.41 Å². The summed E-state index contributed by atoms with van der Waals surface area (Å²) >= 11 is 0. The summed E-state index contributed by atoms with van der Waals surface area (Å²) in [5.41, 5.74) is 1.56. The Kier molecular flexibility index (Phi) is 5.94.